The van der Waals surface area contributed by atoms with Crippen molar-refractivity contribution in [3.63, 3.8) is 0 Å². The van der Waals surface area contributed by atoms with Crippen molar-refractivity contribution in [3.05, 3.63) is 79.8 Å². The van der Waals surface area contributed by atoms with Gasteiger partial charge in [0, 0.05) is 10.0 Å². The Labute approximate surface area is 220 Å². The smallest absolute Gasteiger partial charge is 0.350 e. The van der Waals surface area contributed by atoms with Crippen LogP contribution in [0.1, 0.15) is 45.0 Å². The molecule has 10 heteroatoms. The number of thiazole rings is 1. The van der Waals surface area contributed by atoms with Crippen LogP contribution in [0.4, 0.5) is 5.13 Å². The number of carbonyl (C=O) groups excluding carboxylic acids is 3. The SMILES string of the molecule is CCOC(=O)c1sc(N2C(=O)C(=O)/C(=C(/O)c3ccc(OC)c(C)c3)[C@@H]2c2cccc(Br)c2)nc1C. The molecule has 0 bridgehead atoms. The lowest BCUT2D eigenvalue weighted by Crippen LogP contribution is -2.29. The van der Waals surface area contributed by atoms with Crippen molar-refractivity contribution in [1.29, 1.82) is 0 Å². The Kier molecular flexibility index (Phi) is 7.28. The van der Waals surface area contributed by atoms with Crippen LogP contribution < -0.4 is 9.64 Å². The van der Waals surface area contributed by atoms with E-state index in [-0.39, 0.29) is 27.9 Å². The second-order valence-corrected chi connectivity index (χ2v) is 9.93. The van der Waals surface area contributed by atoms with Crippen LogP contribution in [0.2, 0.25) is 0 Å². The monoisotopic (exact) mass is 570 g/mol. The van der Waals surface area contributed by atoms with Crippen LogP contribution in [0.15, 0.2) is 52.5 Å². The number of Topliss-reactive ketones (excluding diaryl/α,β-unsaturated/α-hetero) is 1. The van der Waals surface area contributed by atoms with Crippen molar-refractivity contribution in [2.75, 3.05) is 18.6 Å². The highest BCUT2D eigenvalue weighted by Crippen LogP contribution is 2.44. The van der Waals surface area contributed by atoms with E-state index >= 15 is 0 Å². The molecule has 1 amide bonds. The molecular formula is C26H23BrN2O6S. The minimum absolute atomic E-state index is 0.0757. The van der Waals surface area contributed by atoms with Crippen molar-refractivity contribution < 1.29 is 29.0 Å². The summed E-state index contributed by atoms with van der Waals surface area (Å²) in [6.45, 7) is 5.34. The second kappa shape index (κ2) is 10.2. The fourth-order valence-corrected chi connectivity index (χ4v) is 5.48. The minimum Gasteiger partial charge on any atom is -0.507 e. The molecule has 0 radical (unpaired) electrons. The van der Waals surface area contributed by atoms with Crippen molar-refractivity contribution in [3.8, 4) is 5.75 Å². The summed E-state index contributed by atoms with van der Waals surface area (Å²) < 4.78 is 11.1. The lowest BCUT2D eigenvalue weighted by molar-refractivity contribution is -0.132. The standard InChI is InChI=1S/C26H23BrN2O6S/c1-5-35-25(33)23-14(3)28-26(36-23)29-20(15-7-6-8-17(27)12-15)19(22(31)24(29)32)21(30)16-9-10-18(34-4)13(2)11-16/h6-12,20,30H,5H2,1-4H3/b21-19+/t20-/m0/s1. The van der Waals surface area contributed by atoms with Crippen molar-refractivity contribution in [1.82, 2.24) is 4.98 Å². The molecule has 3 aromatic rings. The Morgan fingerprint density at radius 1 is 1.19 bits per heavy atom. The number of halogens is 1. The quantitative estimate of drug-likeness (QED) is 0.184. The van der Waals surface area contributed by atoms with E-state index in [1.165, 1.54) is 4.90 Å². The number of carbonyl (C=O) groups is 3. The first-order chi connectivity index (χ1) is 17.2. The van der Waals surface area contributed by atoms with E-state index in [1.54, 1.807) is 57.4 Å². The number of methoxy groups -OCH3 is 1. The van der Waals surface area contributed by atoms with E-state index < -0.39 is 23.7 Å². The molecule has 4 rings (SSSR count). The number of nitrogens with zero attached hydrogens (tertiary/aromatic N) is 2. The molecule has 1 aliphatic rings. The highest BCUT2D eigenvalue weighted by atomic mass is 79.9. The van der Waals surface area contributed by atoms with Crippen molar-refractivity contribution >= 4 is 55.8 Å². The van der Waals surface area contributed by atoms with E-state index in [4.69, 9.17) is 9.47 Å². The Bertz CT molecular complexity index is 1410. The van der Waals surface area contributed by atoms with Crippen LogP contribution in [0.3, 0.4) is 0 Å². The number of aliphatic hydroxyl groups is 1. The number of esters is 1. The number of ketones is 1. The molecular weight excluding hydrogens is 548 g/mol. The molecule has 1 atom stereocenters. The number of amides is 1. The molecule has 8 nitrogen and oxygen atoms in total. The van der Waals surface area contributed by atoms with Gasteiger partial charge in [-0.15, -0.1) is 0 Å². The number of rotatable bonds is 6. The summed E-state index contributed by atoms with van der Waals surface area (Å²) in [5.74, 6) is -1.94. The Balaban J connectivity index is 1.92. The molecule has 0 spiro atoms. The van der Waals surface area contributed by atoms with Crippen LogP contribution in [-0.4, -0.2) is 41.5 Å². The number of hydrogen-bond acceptors (Lipinski definition) is 8. The number of aromatic nitrogens is 1. The fourth-order valence-electron chi connectivity index (χ4n) is 4.07. The van der Waals surface area contributed by atoms with Crippen molar-refractivity contribution in [2.45, 2.75) is 26.8 Å². The van der Waals surface area contributed by atoms with E-state index in [1.807, 2.05) is 13.0 Å². The zero-order chi connectivity index (χ0) is 26.1. The summed E-state index contributed by atoms with van der Waals surface area (Å²) in [5, 5.41) is 11.5. The average Bonchev–Trinajstić information content (AvgIpc) is 3.35. The minimum atomic E-state index is -0.967. The average molecular weight is 571 g/mol. The first-order valence-electron chi connectivity index (χ1n) is 11.0. The summed E-state index contributed by atoms with van der Waals surface area (Å²) in [6.07, 6.45) is 0. The predicted octanol–water partition coefficient (Wildman–Crippen LogP) is 5.33. The third kappa shape index (κ3) is 4.54. The summed E-state index contributed by atoms with van der Waals surface area (Å²) >= 11 is 4.40. The van der Waals surface area contributed by atoms with Gasteiger partial charge in [-0.3, -0.25) is 14.5 Å². The third-order valence-electron chi connectivity index (χ3n) is 5.73. The molecule has 1 aromatic heterocycles. The summed E-state index contributed by atoms with van der Waals surface area (Å²) in [6, 6.07) is 11.1. The molecule has 0 unspecified atom stereocenters. The van der Waals surface area contributed by atoms with Gasteiger partial charge in [0.05, 0.1) is 31.0 Å². The van der Waals surface area contributed by atoms with Gasteiger partial charge in [-0.2, -0.15) is 0 Å². The van der Waals surface area contributed by atoms with Gasteiger partial charge < -0.3 is 14.6 Å². The second-order valence-electron chi connectivity index (χ2n) is 8.04. The van der Waals surface area contributed by atoms with Crippen LogP contribution >= 0.6 is 27.3 Å². The molecule has 1 aliphatic heterocycles. The molecule has 186 valence electrons. The molecule has 2 aromatic carbocycles. The van der Waals surface area contributed by atoms with Crippen LogP contribution in [0, 0.1) is 13.8 Å². The number of ether oxygens (including phenoxy) is 2. The van der Waals surface area contributed by atoms with Gasteiger partial charge in [0.2, 0.25) is 0 Å². The zero-order valence-corrected chi connectivity index (χ0v) is 22.4. The van der Waals surface area contributed by atoms with Gasteiger partial charge in [0.15, 0.2) is 5.13 Å². The molecule has 2 heterocycles. The highest BCUT2D eigenvalue weighted by Gasteiger charge is 2.48. The molecule has 1 saturated heterocycles. The number of hydrogen-bond donors (Lipinski definition) is 1. The van der Waals surface area contributed by atoms with E-state index in [0.29, 0.717) is 22.6 Å². The van der Waals surface area contributed by atoms with Gasteiger partial charge in [0.25, 0.3) is 5.78 Å². The molecule has 0 aliphatic carbocycles. The van der Waals surface area contributed by atoms with Gasteiger partial charge in [-0.1, -0.05) is 39.4 Å². The normalized spacial score (nSPS) is 16.9. The van der Waals surface area contributed by atoms with Crippen LogP contribution in [0.5, 0.6) is 5.75 Å². The zero-order valence-electron chi connectivity index (χ0n) is 20.0. The van der Waals surface area contributed by atoms with Gasteiger partial charge in [0.1, 0.15) is 16.4 Å². The number of aliphatic hydroxyl groups excluding tert-OH is 1. The van der Waals surface area contributed by atoms with Crippen molar-refractivity contribution in [2.24, 2.45) is 0 Å². The predicted molar refractivity (Wildman–Crippen MR) is 139 cm³/mol. The highest BCUT2D eigenvalue weighted by molar-refractivity contribution is 9.10. The Hall–Kier alpha value is -3.50. The Morgan fingerprint density at radius 2 is 1.94 bits per heavy atom. The number of benzene rings is 2. The van der Waals surface area contributed by atoms with Gasteiger partial charge in [-0.05, 0) is 62.2 Å². The first-order valence-corrected chi connectivity index (χ1v) is 12.6. The molecule has 0 saturated carbocycles. The van der Waals surface area contributed by atoms with Crippen LogP contribution in [-0.2, 0) is 14.3 Å². The fraction of sp³-hybridized carbons (Fsp3) is 0.231. The maximum absolute atomic E-state index is 13.4. The molecule has 1 N–H and O–H groups in total. The number of aryl methyl sites for hydroxylation is 2. The lowest BCUT2D eigenvalue weighted by atomic mass is 9.95. The number of anilines is 1. The first kappa shape index (κ1) is 25.6. The van der Waals surface area contributed by atoms with Gasteiger partial charge in [-0.25, -0.2) is 9.78 Å². The summed E-state index contributed by atoms with van der Waals surface area (Å²) in [4.78, 5) is 45.0. The summed E-state index contributed by atoms with van der Waals surface area (Å²) in [7, 11) is 1.54. The van der Waals surface area contributed by atoms with Crippen LogP contribution in [0.25, 0.3) is 5.76 Å². The topological polar surface area (TPSA) is 106 Å². The van der Waals surface area contributed by atoms with E-state index in [2.05, 4.69) is 20.9 Å². The third-order valence-corrected chi connectivity index (χ3v) is 7.36. The van der Waals surface area contributed by atoms with E-state index in [9.17, 15) is 19.5 Å². The molecule has 1 fully saturated rings. The lowest BCUT2D eigenvalue weighted by Gasteiger charge is -2.23. The van der Waals surface area contributed by atoms with E-state index in [0.717, 1.165) is 21.4 Å². The maximum Gasteiger partial charge on any atom is 0.350 e. The summed E-state index contributed by atoms with van der Waals surface area (Å²) in [5.41, 5.74) is 2.02. The van der Waals surface area contributed by atoms with Gasteiger partial charge >= 0.3 is 11.9 Å². The molecule has 36 heavy (non-hydrogen) atoms. The maximum atomic E-state index is 13.4. The largest absolute Gasteiger partial charge is 0.507 e. The Morgan fingerprint density at radius 3 is 2.58 bits per heavy atom.